The lowest BCUT2D eigenvalue weighted by Gasteiger charge is -2.42. The molecule has 2 aromatic rings. The third-order valence-electron chi connectivity index (χ3n) is 6.73. The van der Waals surface area contributed by atoms with E-state index in [1.165, 1.54) is 6.07 Å². The number of rotatable bonds is 6. The van der Waals surface area contributed by atoms with E-state index < -0.39 is 23.8 Å². The van der Waals surface area contributed by atoms with Crippen molar-refractivity contribution >= 4 is 23.4 Å². The van der Waals surface area contributed by atoms with Crippen molar-refractivity contribution in [3.05, 3.63) is 59.2 Å². The van der Waals surface area contributed by atoms with Gasteiger partial charge in [-0.05, 0) is 61.7 Å². The van der Waals surface area contributed by atoms with Crippen molar-refractivity contribution in [3.8, 4) is 5.75 Å². The number of hydrogen-bond acceptors (Lipinski definition) is 5. The normalized spacial score (nSPS) is 21.3. The molecule has 0 aliphatic carbocycles. The van der Waals surface area contributed by atoms with Crippen molar-refractivity contribution < 1.29 is 37.0 Å². The van der Waals surface area contributed by atoms with E-state index in [4.69, 9.17) is 9.47 Å². The van der Waals surface area contributed by atoms with Crippen LogP contribution in [0.1, 0.15) is 58.9 Å². The Labute approximate surface area is 218 Å². The van der Waals surface area contributed by atoms with Gasteiger partial charge in [-0.2, -0.15) is 13.2 Å². The molecule has 2 N–H and O–H groups in total. The van der Waals surface area contributed by atoms with E-state index in [2.05, 4.69) is 10.6 Å². The topological polar surface area (TPSA) is 97.0 Å². The molecule has 0 unspecified atom stereocenters. The Morgan fingerprint density at radius 2 is 1.84 bits per heavy atom. The predicted molar refractivity (Wildman–Crippen MR) is 133 cm³/mol. The molecule has 2 aliphatic rings. The van der Waals surface area contributed by atoms with Crippen LogP contribution >= 0.6 is 0 Å². The Morgan fingerprint density at radius 3 is 2.53 bits per heavy atom. The molecular weight excluding hydrogens is 503 g/mol. The van der Waals surface area contributed by atoms with E-state index >= 15 is 0 Å². The maximum Gasteiger partial charge on any atom is 0.416 e. The van der Waals surface area contributed by atoms with E-state index in [9.17, 15) is 27.6 Å². The molecule has 8 nitrogen and oxygen atoms in total. The van der Waals surface area contributed by atoms with Gasteiger partial charge >= 0.3 is 6.18 Å². The summed E-state index contributed by atoms with van der Waals surface area (Å²) in [5, 5.41) is 5.47. The zero-order chi connectivity index (χ0) is 27.4. The van der Waals surface area contributed by atoms with E-state index in [0.29, 0.717) is 30.8 Å². The molecule has 3 atom stereocenters. The third-order valence-corrected chi connectivity index (χ3v) is 6.73. The molecule has 1 saturated heterocycles. The highest BCUT2D eigenvalue weighted by Crippen LogP contribution is 2.33. The van der Waals surface area contributed by atoms with Gasteiger partial charge in [-0.15, -0.1) is 0 Å². The van der Waals surface area contributed by atoms with Gasteiger partial charge < -0.3 is 25.0 Å². The Morgan fingerprint density at radius 1 is 1.11 bits per heavy atom. The van der Waals surface area contributed by atoms with Crippen molar-refractivity contribution in [1.29, 1.82) is 0 Å². The first-order chi connectivity index (χ1) is 18.1. The molecule has 2 aromatic carbocycles. The van der Waals surface area contributed by atoms with Gasteiger partial charge in [0, 0.05) is 24.8 Å². The first kappa shape index (κ1) is 27.4. The van der Waals surface area contributed by atoms with Crippen LogP contribution in [0.2, 0.25) is 0 Å². The van der Waals surface area contributed by atoms with Gasteiger partial charge in [0.15, 0.2) is 0 Å². The average molecular weight is 534 g/mol. The molecule has 0 radical (unpaired) electrons. The molecule has 1 fully saturated rings. The van der Waals surface area contributed by atoms with Crippen LogP contribution in [-0.4, -0.2) is 61.1 Å². The Balaban J connectivity index is 1.45. The lowest BCUT2D eigenvalue weighted by Crippen LogP contribution is -2.54. The smallest absolute Gasteiger partial charge is 0.416 e. The van der Waals surface area contributed by atoms with Crippen LogP contribution < -0.4 is 15.4 Å². The Bertz CT molecular complexity index is 1190. The largest absolute Gasteiger partial charge is 0.490 e. The second kappa shape index (κ2) is 11.4. The molecule has 0 saturated carbocycles. The van der Waals surface area contributed by atoms with Crippen LogP contribution in [0.4, 0.5) is 18.9 Å². The summed E-state index contributed by atoms with van der Waals surface area (Å²) in [5.74, 6) is -0.675. The van der Waals surface area contributed by atoms with Gasteiger partial charge in [0.25, 0.3) is 11.8 Å². The lowest BCUT2D eigenvalue weighted by atomic mass is 9.94. The number of likely N-dealkylation sites (N-methyl/N-ethyl adjacent to an activating group) is 1. The number of hydrogen-bond donors (Lipinski definition) is 2. The van der Waals surface area contributed by atoms with Crippen molar-refractivity contribution in [3.63, 3.8) is 0 Å². The van der Waals surface area contributed by atoms with Crippen LogP contribution in [0.3, 0.4) is 0 Å². The van der Waals surface area contributed by atoms with Crippen LogP contribution in [-0.2, 0) is 15.7 Å². The van der Waals surface area contributed by atoms with Gasteiger partial charge in [0.1, 0.15) is 18.5 Å². The molecule has 11 heteroatoms. The number of carbonyl (C=O) groups is 3. The summed E-state index contributed by atoms with van der Waals surface area (Å²) in [4.78, 5) is 39.7. The molecule has 3 amide bonds. The minimum absolute atomic E-state index is 0.0459. The van der Waals surface area contributed by atoms with Crippen LogP contribution in [0.5, 0.6) is 5.75 Å². The standard InChI is InChI=1S/C27H30F3N3O5/c1-3-12-31-24(34)14-19-9-10-21-23(38-19)15-37-22-11-8-18(13-20(22)26(36)33(21)2)32-25(35)16-4-6-17(7-5-16)27(28,29)30/h4-8,11,13,19,21,23H,3,9-10,12,14-15H2,1-2H3,(H,31,34)(H,32,35)/t19-,21-,23-/m1/s1. The maximum absolute atomic E-state index is 13.4. The van der Waals surface area contributed by atoms with Crippen molar-refractivity contribution in [1.82, 2.24) is 10.2 Å². The summed E-state index contributed by atoms with van der Waals surface area (Å²) in [6, 6.07) is 8.21. The Kier molecular flexibility index (Phi) is 8.25. The fourth-order valence-corrected chi connectivity index (χ4v) is 4.66. The zero-order valence-electron chi connectivity index (χ0n) is 21.1. The van der Waals surface area contributed by atoms with Crippen LogP contribution in [0.15, 0.2) is 42.5 Å². The fourth-order valence-electron chi connectivity index (χ4n) is 4.66. The SMILES string of the molecule is CCCNC(=O)C[C@H]1CC[C@@H]2[C@@H](COc3ccc(NC(=O)c4ccc(C(F)(F)F)cc4)cc3C(=O)N2C)O1. The summed E-state index contributed by atoms with van der Waals surface area (Å²) < 4.78 is 50.5. The van der Waals surface area contributed by atoms with Crippen molar-refractivity contribution in [2.75, 3.05) is 25.5 Å². The summed E-state index contributed by atoms with van der Waals surface area (Å²) in [7, 11) is 1.68. The summed E-state index contributed by atoms with van der Waals surface area (Å²) >= 11 is 0. The lowest BCUT2D eigenvalue weighted by molar-refractivity contribution is -0.137. The molecule has 0 bridgehead atoms. The van der Waals surface area contributed by atoms with Gasteiger partial charge in [-0.3, -0.25) is 14.4 Å². The quantitative estimate of drug-likeness (QED) is 0.579. The number of fused-ring (bicyclic) bond motifs is 2. The molecular formula is C27H30F3N3O5. The Hall–Kier alpha value is -3.60. The number of ether oxygens (including phenoxy) is 2. The van der Waals surface area contributed by atoms with Crippen molar-refractivity contribution in [2.24, 2.45) is 0 Å². The first-order valence-corrected chi connectivity index (χ1v) is 12.5. The van der Waals surface area contributed by atoms with Crippen molar-refractivity contribution in [2.45, 2.75) is 57.0 Å². The van der Waals surface area contributed by atoms with E-state index in [0.717, 1.165) is 30.7 Å². The highest BCUT2D eigenvalue weighted by atomic mass is 19.4. The number of anilines is 1. The number of halogens is 3. The second-order valence-electron chi connectivity index (χ2n) is 9.46. The highest BCUT2D eigenvalue weighted by Gasteiger charge is 2.39. The first-order valence-electron chi connectivity index (χ1n) is 12.5. The van der Waals surface area contributed by atoms with E-state index in [-0.39, 0.29) is 48.1 Å². The number of nitrogens with zero attached hydrogens (tertiary/aromatic N) is 1. The average Bonchev–Trinajstić information content (AvgIpc) is 2.89. The summed E-state index contributed by atoms with van der Waals surface area (Å²) in [6.07, 6.45) is -2.81. The molecule has 4 rings (SSSR count). The fraction of sp³-hybridized carbons (Fsp3) is 0.444. The predicted octanol–water partition coefficient (Wildman–Crippen LogP) is 4.25. The molecule has 0 spiro atoms. The third kappa shape index (κ3) is 6.27. The summed E-state index contributed by atoms with van der Waals surface area (Å²) in [5.41, 5.74) is -0.257. The van der Waals surface area contributed by atoms with Gasteiger partial charge in [0.2, 0.25) is 5.91 Å². The molecule has 0 aromatic heterocycles. The maximum atomic E-state index is 13.4. The van der Waals surface area contributed by atoms with E-state index in [1.807, 2.05) is 6.92 Å². The second-order valence-corrected chi connectivity index (χ2v) is 9.46. The van der Waals surface area contributed by atoms with Gasteiger partial charge in [-0.1, -0.05) is 6.92 Å². The highest BCUT2D eigenvalue weighted by molar-refractivity contribution is 6.05. The number of nitrogens with one attached hydrogen (secondary N) is 2. The monoisotopic (exact) mass is 533 g/mol. The van der Waals surface area contributed by atoms with Crippen LogP contribution in [0, 0.1) is 0 Å². The number of alkyl halides is 3. The minimum atomic E-state index is -4.50. The van der Waals surface area contributed by atoms with Crippen LogP contribution in [0.25, 0.3) is 0 Å². The van der Waals surface area contributed by atoms with Gasteiger partial charge in [0.05, 0.1) is 29.7 Å². The number of benzene rings is 2. The van der Waals surface area contributed by atoms with E-state index in [1.54, 1.807) is 24.1 Å². The zero-order valence-corrected chi connectivity index (χ0v) is 21.1. The van der Waals surface area contributed by atoms with Gasteiger partial charge in [-0.25, -0.2) is 0 Å². The number of carbonyl (C=O) groups excluding carboxylic acids is 3. The molecule has 204 valence electrons. The summed E-state index contributed by atoms with van der Waals surface area (Å²) in [6.45, 7) is 2.77. The molecule has 38 heavy (non-hydrogen) atoms. The number of amides is 3. The minimum Gasteiger partial charge on any atom is -0.490 e. The molecule has 2 heterocycles. The molecule has 2 aliphatic heterocycles.